The minimum absolute atomic E-state index is 0.0285. The van der Waals surface area contributed by atoms with Crippen molar-refractivity contribution in [3.8, 4) is 0 Å². The van der Waals surface area contributed by atoms with Crippen molar-refractivity contribution >= 4 is 82.9 Å². The van der Waals surface area contributed by atoms with Gasteiger partial charge in [-0.1, -0.05) is 44.2 Å². The molecule has 0 aliphatic carbocycles. The van der Waals surface area contributed by atoms with E-state index in [1.165, 1.54) is 0 Å². The molecule has 0 unspecified atom stereocenters. The smallest absolute Gasteiger partial charge is 0.326 e. The second-order valence-corrected chi connectivity index (χ2v) is 19.9. The van der Waals surface area contributed by atoms with Gasteiger partial charge >= 0.3 is 23.9 Å². The molecule has 0 fully saturated rings. The van der Waals surface area contributed by atoms with Crippen LogP contribution in [-0.4, -0.2) is 200 Å². The van der Waals surface area contributed by atoms with Gasteiger partial charge in [0.2, 0.25) is 59.1 Å². The minimum atomic E-state index is -2.13. The molecule has 23 N–H and O–H groups in total. The quantitative estimate of drug-likeness (QED) is 0.0270. The maximum atomic E-state index is 14.0. The molecule has 0 heterocycles. The highest BCUT2D eigenvalue weighted by Gasteiger charge is 2.36. The molecular formula is C51H81N13O20. The van der Waals surface area contributed by atoms with Crippen molar-refractivity contribution in [2.24, 2.45) is 28.9 Å². The Morgan fingerprint density at radius 3 is 1.17 bits per heavy atom. The topological polar surface area (TPSA) is 573 Å². The summed E-state index contributed by atoms with van der Waals surface area (Å²) in [6, 6.07) is -8.96. The molecular weight excluding hydrogens is 1110 g/mol. The number of nitrogens with one attached hydrogen (secondary N) is 9. The van der Waals surface area contributed by atoms with Gasteiger partial charge in [0.05, 0.1) is 32.1 Å². The number of hydrogen-bond acceptors (Lipinski definition) is 19. The maximum Gasteiger partial charge on any atom is 0.326 e. The van der Waals surface area contributed by atoms with Crippen molar-refractivity contribution in [1.29, 1.82) is 0 Å². The van der Waals surface area contributed by atoms with Gasteiger partial charge in [-0.2, -0.15) is 0 Å². The molecule has 1 aromatic carbocycles. The van der Waals surface area contributed by atoms with E-state index < -0.39 is 195 Å². The maximum absolute atomic E-state index is 14.0. The van der Waals surface area contributed by atoms with Crippen LogP contribution in [0.25, 0.3) is 0 Å². The fraction of sp³-hybridized carbons (Fsp3) is 0.608. The van der Waals surface area contributed by atoms with Crippen LogP contribution in [0.3, 0.4) is 0 Å². The summed E-state index contributed by atoms with van der Waals surface area (Å²) in [5.74, 6) is -17.7. The van der Waals surface area contributed by atoms with Gasteiger partial charge in [-0.15, -0.1) is 0 Å². The average Bonchev–Trinajstić information content (AvgIpc) is 3.56. The van der Waals surface area contributed by atoms with E-state index in [4.69, 9.17) is 28.0 Å². The first-order valence-electron chi connectivity index (χ1n) is 26.9. The summed E-state index contributed by atoms with van der Waals surface area (Å²) in [7, 11) is 0. The third-order valence-corrected chi connectivity index (χ3v) is 12.4. The molecule has 0 aliphatic heterocycles. The van der Waals surface area contributed by atoms with Crippen LogP contribution in [0.1, 0.15) is 103 Å². The molecule has 0 aromatic heterocycles. The van der Waals surface area contributed by atoms with Crippen molar-refractivity contribution in [3.05, 3.63) is 35.9 Å². The molecule has 0 radical (unpaired) electrons. The van der Waals surface area contributed by atoms with Gasteiger partial charge in [0.25, 0.3) is 0 Å². The van der Waals surface area contributed by atoms with Gasteiger partial charge in [0, 0.05) is 19.3 Å². The number of primary amides is 1. The van der Waals surface area contributed by atoms with Gasteiger partial charge in [0.15, 0.2) is 0 Å². The predicted molar refractivity (Wildman–Crippen MR) is 292 cm³/mol. The van der Waals surface area contributed by atoms with E-state index in [9.17, 15) is 92.7 Å². The van der Waals surface area contributed by atoms with Crippen LogP contribution in [0.5, 0.6) is 0 Å². The van der Waals surface area contributed by atoms with E-state index >= 15 is 0 Å². The summed E-state index contributed by atoms with van der Waals surface area (Å²) in [4.78, 5) is 181. The number of benzene rings is 1. The number of aliphatic carboxylic acids is 4. The number of carboxylic acid groups (broad SMARTS) is 4. The number of rotatable bonds is 43. The highest BCUT2D eigenvalue weighted by molar-refractivity contribution is 5.99. The zero-order valence-electron chi connectivity index (χ0n) is 46.7. The van der Waals surface area contributed by atoms with Crippen molar-refractivity contribution < 1.29 is 97.8 Å². The van der Waals surface area contributed by atoms with Crippen LogP contribution in [0.15, 0.2) is 30.3 Å². The molecule has 33 nitrogen and oxygen atoms in total. The van der Waals surface area contributed by atoms with E-state index in [1.807, 2.05) is 5.32 Å². The first-order valence-corrected chi connectivity index (χ1v) is 26.9. The molecule has 10 atom stereocenters. The van der Waals surface area contributed by atoms with E-state index in [-0.39, 0.29) is 57.5 Å². The third kappa shape index (κ3) is 29.0. The number of nitrogens with two attached hydrogens (primary N) is 4. The molecule has 33 heteroatoms. The second kappa shape index (κ2) is 39.1. The fourth-order valence-corrected chi connectivity index (χ4v) is 7.88. The van der Waals surface area contributed by atoms with Gasteiger partial charge < -0.3 is 101 Å². The zero-order chi connectivity index (χ0) is 63.6. The van der Waals surface area contributed by atoms with Crippen LogP contribution in [0, 0.1) is 5.92 Å². The number of carbonyl (C=O) groups excluding carboxylic acids is 10. The Kier molecular flexibility index (Phi) is 34.3. The van der Waals surface area contributed by atoms with Gasteiger partial charge in [0.1, 0.15) is 54.4 Å². The van der Waals surface area contributed by atoms with E-state index in [0.29, 0.717) is 18.4 Å². The zero-order valence-corrected chi connectivity index (χ0v) is 46.7. The second-order valence-electron chi connectivity index (χ2n) is 19.9. The first-order chi connectivity index (χ1) is 39.6. The molecule has 470 valence electrons. The highest BCUT2D eigenvalue weighted by Crippen LogP contribution is 2.12. The first kappa shape index (κ1) is 73.6. The van der Waals surface area contributed by atoms with Crippen LogP contribution < -0.4 is 70.8 Å². The van der Waals surface area contributed by atoms with Crippen molar-refractivity contribution in [1.82, 2.24) is 47.9 Å². The molecule has 0 saturated heterocycles. The Morgan fingerprint density at radius 1 is 0.429 bits per heavy atom. The van der Waals surface area contributed by atoms with Crippen LogP contribution in [0.4, 0.5) is 0 Å². The van der Waals surface area contributed by atoms with Crippen molar-refractivity contribution in [2.75, 3.05) is 26.3 Å². The normalized spacial score (nSPS) is 14.6. The molecule has 0 spiro atoms. The molecule has 0 saturated carbocycles. The van der Waals surface area contributed by atoms with E-state index in [0.717, 1.165) is 0 Å². The van der Waals surface area contributed by atoms with Gasteiger partial charge in [-0.25, -0.2) is 4.79 Å². The molecule has 84 heavy (non-hydrogen) atoms. The third-order valence-electron chi connectivity index (χ3n) is 12.4. The van der Waals surface area contributed by atoms with Gasteiger partial charge in [-0.05, 0) is 82.4 Å². The lowest BCUT2D eigenvalue weighted by atomic mass is 10.0. The van der Waals surface area contributed by atoms with Gasteiger partial charge in [-0.3, -0.25) is 62.3 Å². The molecule has 1 aromatic rings. The Bertz CT molecular complexity index is 2420. The lowest BCUT2D eigenvalue weighted by Crippen LogP contribution is -2.61. The molecule has 1 rings (SSSR count). The lowest BCUT2D eigenvalue weighted by molar-refractivity contribution is -0.143. The Hall–Kier alpha value is -8.40. The number of aliphatic hydroxyl groups excluding tert-OH is 2. The number of aliphatic hydroxyl groups is 2. The highest BCUT2D eigenvalue weighted by atomic mass is 16.4. The van der Waals surface area contributed by atoms with Crippen LogP contribution in [-0.2, 0) is 73.5 Å². The standard InChI is InChI=1S/C51H81N13O20/c1-26(2)20-35(51(83)84)62-46(78)32(15-17-39(68)69)59-44(76)30(13-7-9-19-53)57-49(81)36(24-65)64-50(82)37(25-66)63-48(80)34(23-41(72)73)61-45(77)31(14-16-38(55)67)58-43(75)29(12-6-8-18-52)56-47(79)33(21-27-10-4-3-5-11-27)60-42(74)28(54)22-40(70)71/h3-5,10-11,26,28-37,65-66H,6-9,12-25,52-54H2,1-2H3,(H2,55,67)(H,56,79)(H,57,81)(H,58,75)(H,59,76)(H,60,74)(H,61,77)(H,62,78)(H,63,80)(H,64,82)(H,68,69)(H,70,71)(H,72,73)(H,83,84)/t28-,29-,30-,31-,32-,33-,34-,35-,36-,37-/m0/s1. The molecule has 0 aliphatic rings. The Balaban J connectivity index is 3.45. The predicted octanol–water partition coefficient (Wildman–Crippen LogP) is -6.63. The summed E-state index contributed by atoms with van der Waals surface area (Å²) >= 11 is 0. The van der Waals surface area contributed by atoms with Crippen LogP contribution >= 0.6 is 0 Å². The van der Waals surface area contributed by atoms with E-state index in [1.54, 1.807) is 44.2 Å². The molecule has 0 bridgehead atoms. The lowest BCUT2D eigenvalue weighted by Gasteiger charge is -2.27. The Morgan fingerprint density at radius 2 is 0.786 bits per heavy atom. The SMILES string of the molecule is CC(C)C[C@H](NC(=O)[C@H](CCC(=O)O)NC(=O)[C@H](CCCCN)NC(=O)[C@H](CO)NC(=O)[C@H](CO)NC(=O)[C@H](CC(=O)O)NC(=O)[C@H](CCC(N)=O)NC(=O)[C@H](CCCCN)NC(=O)[C@H](Cc1ccccc1)NC(=O)[C@@H](N)CC(=O)O)C(=O)O. The largest absolute Gasteiger partial charge is 0.481 e. The van der Waals surface area contributed by atoms with Crippen molar-refractivity contribution in [2.45, 2.75) is 164 Å². The van der Waals surface area contributed by atoms with E-state index in [2.05, 4.69) is 42.5 Å². The molecule has 10 amide bonds. The average molecular weight is 1200 g/mol. The number of carboxylic acids is 4. The number of carbonyl (C=O) groups is 14. The van der Waals surface area contributed by atoms with Crippen molar-refractivity contribution in [3.63, 3.8) is 0 Å². The minimum Gasteiger partial charge on any atom is -0.481 e. The fourth-order valence-electron chi connectivity index (χ4n) is 7.88. The number of hydrogen-bond donors (Lipinski definition) is 19. The summed E-state index contributed by atoms with van der Waals surface area (Å²) in [5, 5.41) is 78.6. The monoisotopic (exact) mass is 1200 g/mol. The number of amides is 10. The summed E-state index contributed by atoms with van der Waals surface area (Å²) < 4.78 is 0. The Labute approximate surface area is 482 Å². The van der Waals surface area contributed by atoms with Crippen LogP contribution in [0.2, 0.25) is 0 Å². The summed E-state index contributed by atoms with van der Waals surface area (Å²) in [5.41, 5.74) is 22.9. The number of unbranched alkanes of at least 4 members (excludes halogenated alkanes) is 2. The summed E-state index contributed by atoms with van der Waals surface area (Å²) in [6.07, 6.45) is -3.93. The summed E-state index contributed by atoms with van der Waals surface area (Å²) in [6.45, 7) is 1.17.